The van der Waals surface area contributed by atoms with Gasteiger partial charge in [-0.25, -0.2) is 19.0 Å². The Hall–Kier alpha value is -6.54. The van der Waals surface area contributed by atoms with E-state index in [9.17, 15) is 23.6 Å². The molecule has 2 saturated heterocycles. The molecule has 2 N–H and O–H groups in total. The molecule has 0 bridgehead atoms. The maximum Gasteiger partial charge on any atom is 0.328 e. The third kappa shape index (κ3) is 10.0. The standard InChI is InChI=1S/C42H45FN4O5.C4H4O4/c1-50-36-25-31(26-37(51-2)39(36)52-3)41(49)46-24-20-42(28-46,32-9-5-4-6-10-32)19-23-45-21-17-30(18-22-45)38(48)40-44-34-11-7-8-12-35(34)47(40)27-29-13-15-33(43)16-14-29;5-3(6)1-2-4(7)8/h4-16,25-26,30H,17-24,27-28H2,1-3H3;1-2H,(H,5,6)(H,7,8)/b;2-1-. The van der Waals surface area contributed by atoms with Crippen LogP contribution in [-0.4, -0.2) is 107 Å². The molecule has 1 atom stereocenters. The topological polar surface area (TPSA) is 161 Å². The number of piperidine rings is 1. The first kappa shape index (κ1) is 43.0. The van der Waals surface area contributed by atoms with Crippen molar-refractivity contribution in [2.75, 3.05) is 54.1 Å². The molecule has 3 heterocycles. The monoisotopic (exact) mass is 820 g/mol. The van der Waals surface area contributed by atoms with Gasteiger partial charge in [0.2, 0.25) is 11.5 Å². The van der Waals surface area contributed by atoms with Crippen molar-refractivity contribution in [3.05, 3.63) is 131 Å². The minimum atomic E-state index is -1.26. The zero-order valence-electron chi connectivity index (χ0n) is 33.9. The maximum absolute atomic E-state index is 14.1. The molecule has 1 unspecified atom stereocenters. The van der Waals surface area contributed by atoms with Gasteiger partial charge in [-0.3, -0.25) is 9.59 Å². The van der Waals surface area contributed by atoms with Crippen molar-refractivity contribution in [3.63, 3.8) is 0 Å². The number of carboxylic acid groups (broad SMARTS) is 2. The Labute approximate surface area is 347 Å². The zero-order valence-corrected chi connectivity index (χ0v) is 33.9. The summed E-state index contributed by atoms with van der Waals surface area (Å²) in [7, 11) is 4.65. The molecule has 2 aliphatic heterocycles. The minimum absolute atomic E-state index is 0.0652. The third-order valence-corrected chi connectivity index (χ3v) is 11.3. The van der Waals surface area contributed by atoms with Crippen LogP contribution in [0.5, 0.6) is 17.2 Å². The van der Waals surface area contributed by atoms with E-state index < -0.39 is 11.9 Å². The second-order valence-corrected chi connectivity index (χ2v) is 14.9. The van der Waals surface area contributed by atoms with E-state index in [0.717, 1.165) is 61.9 Å². The normalized spacial score (nSPS) is 17.0. The number of hydrogen-bond donors (Lipinski definition) is 2. The van der Waals surface area contributed by atoms with Gasteiger partial charge >= 0.3 is 11.9 Å². The van der Waals surface area contributed by atoms with Gasteiger partial charge in [-0.05, 0) is 92.8 Å². The van der Waals surface area contributed by atoms with Crippen molar-refractivity contribution < 1.29 is 48.0 Å². The van der Waals surface area contributed by atoms with Crippen LogP contribution in [0.25, 0.3) is 11.0 Å². The number of amides is 1. The number of fused-ring (bicyclic) bond motifs is 1. The van der Waals surface area contributed by atoms with Crippen LogP contribution in [0.1, 0.15) is 57.8 Å². The average molecular weight is 821 g/mol. The summed E-state index contributed by atoms with van der Waals surface area (Å²) in [5.41, 5.74) is 4.13. The van der Waals surface area contributed by atoms with Crippen LogP contribution < -0.4 is 14.2 Å². The Kier molecular flexibility index (Phi) is 14.0. The van der Waals surface area contributed by atoms with Gasteiger partial charge < -0.3 is 38.8 Å². The van der Waals surface area contributed by atoms with E-state index in [1.165, 1.54) is 17.7 Å². The minimum Gasteiger partial charge on any atom is -0.493 e. The highest BCUT2D eigenvalue weighted by Gasteiger charge is 2.42. The molecule has 2 aliphatic rings. The molecule has 0 spiro atoms. The molecular formula is C46H49FN4O9. The number of imidazole rings is 1. The van der Waals surface area contributed by atoms with Gasteiger partial charge in [0.25, 0.3) is 5.91 Å². The number of aromatic nitrogens is 2. The molecule has 60 heavy (non-hydrogen) atoms. The number of methoxy groups -OCH3 is 3. The van der Waals surface area contributed by atoms with E-state index >= 15 is 0 Å². The Bertz CT molecular complexity index is 2300. The van der Waals surface area contributed by atoms with E-state index in [4.69, 9.17) is 29.4 Å². The van der Waals surface area contributed by atoms with Gasteiger partial charge in [-0.1, -0.05) is 54.6 Å². The highest BCUT2D eigenvalue weighted by molar-refractivity contribution is 5.98. The molecule has 13 nitrogen and oxygen atoms in total. The SMILES string of the molecule is COc1cc(C(=O)N2CCC(CCN3CCC(C(=O)c4nc5ccccc5n4Cc4ccc(F)cc4)CC3)(c3ccccc3)C2)cc(OC)c1OC.O=C(O)/C=C\C(=O)O. The van der Waals surface area contributed by atoms with Gasteiger partial charge in [-0.2, -0.15) is 0 Å². The van der Waals surface area contributed by atoms with E-state index in [2.05, 4.69) is 29.2 Å². The van der Waals surface area contributed by atoms with Crippen molar-refractivity contribution in [3.8, 4) is 17.2 Å². The number of carbonyl (C=O) groups is 4. The van der Waals surface area contributed by atoms with Gasteiger partial charge in [0.1, 0.15) is 5.82 Å². The molecule has 4 aromatic carbocycles. The highest BCUT2D eigenvalue weighted by atomic mass is 19.1. The van der Waals surface area contributed by atoms with E-state index in [1.54, 1.807) is 45.6 Å². The quantitative estimate of drug-likeness (QED) is 0.0903. The lowest BCUT2D eigenvalue weighted by Gasteiger charge is -2.36. The largest absolute Gasteiger partial charge is 0.493 e. The number of aliphatic carboxylic acids is 2. The van der Waals surface area contributed by atoms with Crippen molar-refractivity contribution in [1.82, 2.24) is 19.4 Å². The summed E-state index contributed by atoms with van der Waals surface area (Å²) < 4.78 is 32.1. The molecule has 14 heteroatoms. The maximum atomic E-state index is 14.1. The molecule has 314 valence electrons. The summed E-state index contributed by atoms with van der Waals surface area (Å²) in [5.74, 6) is -1.10. The summed E-state index contributed by atoms with van der Waals surface area (Å²) in [6.07, 6.45) is 4.37. The molecule has 0 saturated carbocycles. The first-order valence-electron chi connectivity index (χ1n) is 19.7. The second kappa shape index (κ2) is 19.5. The molecule has 1 aromatic heterocycles. The van der Waals surface area contributed by atoms with E-state index in [0.29, 0.717) is 60.4 Å². The number of likely N-dealkylation sites (tertiary alicyclic amines) is 2. The summed E-state index contributed by atoms with van der Waals surface area (Å²) in [5, 5.41) is 15.6. The molecular weight excluding hydrogens is 772 g/mol. The van der Waals surface area contributed by atoms with Crippen LogP contribution in [-0.2, 0) is 21.5 Å². The predicted molar refractivity (Wildman–Crippen MR) is 222 cm³/mol. The number of halogens is 1. The molecule has 2 fully saturated rings. The Morgan fingerprint density at radius 3 is 2.03 bits per heavy atom. The molecule has 0 aliphatic carbocycles. The van der Waals surface area contributed by atoms with Crippen molar-refractivity contribution in [1.29, 1.82) is 0 Å². The summed E-state index contributed by atoms with van der Waals surface area (Å²) >= 11 is 0. The number of ether oxygens (including phenoxy) is 3. The van der Waals surface area contributed by atoms with Crippen molar-refractivity contribution >= 4 is 34.7 Å². The number of rotatable bonds is 14. The van der Waals surface area contributed by atoms with Crippen LogP contribution >= 0.6 is 0 Å². The van der Waals surface area contributed by atoms with Gasteiger partial charge in [0, 0.05) is 48.7 Å². The van der Waals surface area contributed by atoms with Crippen LogP contribution in [0.15, 0.2) is 103 Å². The number of nitrogens with zero attached hydrogens (tertiary/aromatic N) is 4. The number of para-hydroxylation sites is 2. The lowest BCUT2D eigenvalue weighted by Crippen LogP contribution is -2.41. The number of carboxylic acids is 2. The fourth-order valence-electron chi connectivity index (χ4n) is 8.12. The van der Waals surface area contributed by atoms with Crippen LogP contribution in [0.2, 0.25) is 0 Å². The lowest BCUT2D eigenvalue weighted by molar-refractivity contribution is -0.134. The number of Topliss-reactive ketones (excluding diaryl/α,β-unsaturated/α-hetero) is 1. The van der Waals surface area contributed by atoms with Gasteiger partial charge in [-0.15, -0.1) is 0 Å². The Balaban J connectivity index is 0.000000686. The predicted octanol–water partition coefficient (Wildman–Crippen LogP) is 6.73. The van der Waals surface area contributed by atoms with Crippen LogP contribution in [0.3, 0.4) is 0 Å². The molecule has 1 amide bonds. The highest BCUT2D eigenvalue weighted by Crippen LogP contribution is 2.42. The zero-order chi connectivity index (χ0) is 42.8. The Morgan fingerprint density at radius 2 is 1.43 bits per heavy atom. The van der Waals surface area contributed by atoms with Crippen LogP contribution in [0, 0.1) is 11.7 Å². The van der Waals surface area contributed by atoms with Gasteiger partial charge in [0.15, 0.2) is 17.3 Å². The first-order chi connectivity index (χ1) is 28.9. The number of benzene rings is 4. The average Bonchev–Trinajstić information content (AvgIpc) is 3.88. The third-order valence-electron chi connectivity index (χ3n) is 11.3. The summed E-state index contributed by atoms with van der Waals surface area (Å²) in [6.45, 7) is 4.18. The smallest absolute Gasteiger partial charge is 0.328 e. The second-order valence-electron chi connectivity index (χ2n) is 14.9. The van der Waals surface area contributed by atoms with Crippen molar-refractivity contribution in [2.24, 2.45) is 5.92 Å². The fraction of sp³-hybridized carbons (Fsp3) is 0.326. The van der Waals surface area contributed by atoms with Crippen molar-refractivity contribution in [2.45, 2.75) is 37.6 Å². The first-order valence-corrected chi connectivity index (χ1v) is 19.7. The van der Waals surface area contributed by atoms with E-state index in [1.807, 2.05) is 39.8 Å². The Morgan fingerprint density at radius 1 is 0.817 bits per heavy atom. The molecule has 0 radical (unpaired) electrons. The van der Waals surface area contributed by atoms with Crippen LogP contribution in [0.4, 0.5) is 4.39 Å². The summed E-state index contributed by atoms with van der Waals surface area (Å²) in [4.78, 5) is 56.3. The number of carbonyl (C=O) groups excluding carboxylic acids is 2. The number of ketones is 1. The van der Waals surface area contributed by atoms with Gasteiger partial charge in [0.05, 0.1) is 32.4 Å². The fourth-order valence-corrected chi connectivity index (χ4v) is 8.12. The molecule has 5 aromatic rings. The summed E-state index contributed by atoms with van der Waals surface area (Å²) in [6, 6.07) is 28.2. The molecule has 7 rings (SSSR count). The lowest BCUT2D eigenvalue weighted by atomic mass is 9.76. The van der Waals surface area contributed by atoms with E-state index in [-0.39, 0.29) is 28.8 Å². The number of hydrogen-bond acceptors (Lipinski definition) is 9.